The molecule has 0 saturated carbocycles. The van der Waals surface area contributed by atoms with Gasteiger partial charge in [-0.1, -0.05) is 0 Å². The first-order valence-electron chi connectivity index (χ1n) is 19.5. The van der Waals surface area contributed by atoms with Gasteiger partial charge in [0.1, 0.15) is 0 Å². The molecule has 0 aliphatic heterocycles. The summed E-state index contributed by atoms with van der Waals surface area (Å²) in [4.78, 5) is 16.4. The minimum atomic E-state index is -3.85. The molecule has 0 fully saturated rings. The molecule has 0 radical (unpaired) electrons. The first-order valence-corrected chi connectivity index (χ1v) is 33.3. The summed E-state index contributed by atoms with van der Waals surface area (Å²) < 4.78 is 3.63. The van der Waals surface area contributed by atoms with E-state index < -0.39 is 29.9 Å². The molecule has 1 nitrogen and oxygen atoms in total. The summed E-state index contributed by atoms with van der Waals surface area (Å²) in [6.07, 6.45) is 2.82. The van der Waals surface area contributed by atoms with Gasteiger partial charge in [0, 0.05) is 0 Å². The van der Waals surface area contributed by atoms with Crippen LogP contribution in [0.1, 0.15) is 54.2 Å². The van der Waals surface area contributed by atoms with Crippen LogP contribution in [0.3, 0.4) is 0 Å². The van der Waals surface area contributed by atoms with Gasteiger partial charge in [-0.15, -0.1) is 0 Å². The zero-order valence-electron chi connectivity index (χ0n) is 33.7. The zero-order valence-corrected chi connectivity index (χ0v) is 38.3. The van der Waals surface area contributed by atoms with E-state index in [1.807, 2.05) is 0 Å². The van der Waals surface area contributed by atoms with E-state index in [0.29, 0.717) is 0 Å². The van der Waals surface area contributed by atoms with Crippen molar-refractivity contribution in [1.29, 1.82) is 0 Å². The molecule has 0 atom stereocenters. The van der Waals surface area contributed by atoms with Crippen molar-refractivity contribution >= 4 is 52.5 Å². The standard InChI is InChI=1S/3C16H19P.CO.Pd/c3*1-4-17(15-11-7-5-9-13(15)2)16-12-8-6-10-14(16)3;1-2;/h3*5-12H,4H2,1-3H3;;/q;;;;-3/p+3. The van der Waals surface area contributed by atoms with Crippen LogP contribution in [-0.4, -0.2) is 22.8 Å². The van der Waals surface area contributed by atoms with Crippen LogP contribution in [0.15, 0.2) is 146 Å². The van der Waals surface area contributed by atoms with Gasteiger partial charge in [-0.3, -0.25) is 0 Å². The number of hydrogen-bond donors (Lipinski definition) is 0. The normalized spacial score (nSPS) is 14.8. The molecule has 287 valence electrons. The van der Waals surface area contributed by atoms with Crippen LogP contribution in [0.25, 0.3) is 0 Å². The van der Waals surface area contributed by atoms with E-state index in [1.54, 1.807) is 0 Å². The molecule has 5 heteroatoms. The Bertz CT molecular complexity index is 1980. The number of hydrogen-bond acceptors (Lipinski definition) is 1. The fourth-order valence-corrected chi connectivity index (χ4v) is 117. The van der Waals surface area contributed by atoms with E-state index in [0.717, 1.165) is 18.5 Å². The topological polar surface area (TPSA) is 17.1 Å². The molecule has 0 heterocycles. The third-order valence-corrected chi connectivity index (χ3v) is 86.3. The Morgan fingerprint density at radius 2 is 0.519 bits per heavy atom. The van der Waals surface area contributed by atoms with Gasteiger partial charge in [-0.25, -0.2) is 0 Å². The van der Waals surface area contributed by atoms with Gasteiger partial charge in [0.15, 0.2) is 0 Å². The van der Waals surface area contributed by atoms with Crippen LogP contribution in [0.2, 0.25) is 0 Å². The van der Waals surface area contributed by atoms with Crippen molar-refractivity contribution in [3.8, 4) is 0 Å². The molecule has 0 N–H and O–H groups in total. The maximum atomic E-state index is 16.4. The molecule has 6 aromatic rings. The second kappa shape index (κ2) is 16.5. The first-order chi connectivity index (χ1) is 26.1. The molecule has 0 aromatic heterocycles. The van der Waals surface area contributed by atoms with Crippen LogP contribution >= 0.6 is 16.4 Å². The van der Waals surface area contributed by atoms with Crippen LogP contribution in [0, 0.1) is 41.5 Å². The number of aryl methyl sites for hydroxylation is 6. The van der Waals surface area contributed by atoms with E-state index in [-0.39, 0.29) is 0 Å². The van der Waals surface area contributed by atoms with Crippen molar-refractivity contribution in [1.82, 2.24) is 0 Å². The quantitative estimate of drug-likeness (QED) is 0.0885. The Balaban J connectivity index is 2.15. The zero-order chi connectivity index (χ0) is 38.7. The summed E-state index contributed by atoms with van der Waals surface area (Å²) in [5.41, 5.74) is -1.66. The van der Waals surface area contributed by atoms with Gasteiger partial charge >= 0.3 is 331 Å². The average molecular weight is 864 g/mol. The number of carbonyl (C=O) groups excluding carboxylic acids is 1. The fourth-order valence-electron chi connectivity index (χ4n) is 9.71. The molecule has 0 saturated heterocycles. The van der Waals surface area contributed by atoms with E-state index in [9.17, 15) is 0 Å². The summed E-state index contributed by atoms with van der Waals surface area (Å²) in [6.45, 7) is 21.3. The molecule has 0 bridgehead atoms. The molecular formula is C49H60OP3Pd. The van der Waals surface area contributed by atoms with Gasteiger partial charge < -0.3 is 0 Å². The summed E-state index contributed by atoms with van der Waals surface area (Å²) in [6, 6.07) is 55.4. The van der Waals surface area contributed by atoms with Gasteiger partial charge in [0.2, 0.25) is 0 Å². The third-order valence-electron chi connectivity index (χ3n) is 12.0. The van der Waals surface area contributed by atoms with Crippen molar-refractivity contribution in [2.24, 2.45) is 0 Å². The van der Waals surface area contributed by atoms with Crippen molar-refractivity contribution in [2.75, 3.05) is 18.5 Å². The Hall–Kier alpha value is -3.15. The summed E-state index contributed by atoms with van der Waals surface area (Å²) >= 11 is -3.85. The van der Waals surface area contributed by atoms with Crippen molar-refractivity contribution in [3.63, 3.8) is 0 Å². The Kier molecular flexibility index (Phi) is 12.4. The van der Waals surface area contributed by atoms with Crippen molar-refractivity contribution in [2.45, 2.75) is 62.3 Å². The van der Waals surface area contributed by atoms with Crippen LogP contribution in [-0.2, 0) is 18.4 Å². The molecule has 0 unspecified atom stereocenters. The summed E-state index contributed by atoms with van der Waals surface area (Å²) in [5, 5.41) is 8.68. The molecule has 0 aliphatic carbocycles. The second-order valence-electron chi connectivity index (χ2n) is 14.7. The van der Waals surface area contributed by atoms with E-state index in [1.165, 1.54) is 65.2 Å². The molecular weight excluding hydrogens is 804 g/mol. The van der Waals surface area contributed by atoms with Crippen LogP contribution in [0.5, 0.6) is 0 Å². The van der Waals surface area contributed by atoms with E-state index >= 15 is 4.79 Å². The van der Waals surface area contributed by atoms with Gasteiger partial charge in [-0.2, -0.15) is 0 Å². The summed E-state index contributed by atoms with van der Waals surface area (Å²) in [7, 11) is 0. The monoisotopic (exact) mass is 863 g/mol. The number of benzene rings is 6. The number of rotatable bonds is 12. The van der Waals surface area contributed by atoms with Crippen LogP contribution in [0.4, 0.5) is 0 Å². The van der Waals surface area contributed by atoms with E-state index in [2.05, 4.69) is 212 Å². The van der Waals surface area contributed by atoms with Gasteiger partial charge in [-0.05, 0) is 0 Å². The average Bonchev–Trinajstić information content (AvgIpc) is 3.19. The Morgan fingerprint density at radius 1 is 0.352 bits per heavy atom. The second-order valence-corrected chi connectivity index (χ2v) is 53.2. The Labute approximate surface area is 328 Å². The first kappa shape index (κ1) is 40.5. The van der Waals surface area contributed by atoms with Gasteiger partial charge in [0.05, 0.1) is 0 Å². The fraction of sp³-hybridized carbons (Fsp3) is 0.245. The molecule has 6 aromatic carbocycles. The molecule has 6 rings (SSSR count). The van der Waals surface area contributed by atoms with Crippen molar-refractivity contribution in [3.05, 3.63) is 179 Å². The molecule has 0 aliphatic rings. The minimum absolute atomic E-state index is 0.939. The molecule has 54 heavy (non-hydrogen) atoms. The van der Waals surface area contributed by atoms with Gasteiger partial charge in [0.25, 0.3) is 0 Å². The van der Waals surface area contributed by atoms with Crippen molar-refractivity contribution < 1.29 is 18.4 Å². The maximum absolute atomic E-state index is 16.4. The predicted octanol–water partition coefficient (Wildman–Crippen LogP) is 10.1. The molecule has 0 spiro atoms. The molecule has 0 amide bonds. The third kappa shape index (κ3) is 5.89. The SMILES string of the molecule is CC[PH](c1ccccc1C)(c1ccccc1C)[Pd](=[C]=O)([PH](CC)(c1ccccc1C)c1ccccc1C)[PH](CC)(c1ccccc1C)c1ccccc1C. The predicted molar refractivity (Wildman–Crippen MR) is 247 cm³/mol. The Morgan fingerprint density at radius 3 is 0.648 bits per heavy atom. The summed E-state index contributed by atoms with van der Waals surface area (Å²) in [5.74, 6) is 0. The van der Waals surface area contributed by atoms with Crippen LogP contribution < -0.4 is 31.8 Å². The van der Waals surface area contributed by atoms with E-state index in [4.69, 9.17) is 0 Å².